The summed E-state index contributed by atoms with van der Waals surface area (Å²) < 4.78 is 0. The molecule has 0 aliphatic heterocycles. The summed E-state index contributed by atoms with van der Waals surface area (Å²) in [5, 5.41) is 3.96. The normalized spacial score (nSPS) is 11.5. The van der Waals surface area contributed by atoms with Gasteiger partial charge >= 0.3 is 0 Å². The van der Waals surface area contributed by atoms with Crippen molar-refractivity contribution in [2.24, 2.45) is 5.10 Å². The SMILES string of the molecule is CCCCCCCCCCCCCCCCCC(=O)N/N=C/C=C\c1ccccc1. The molecule has 0 unspecified atom stereocenters. The standard InChI is InChI=1S/C27H44N2O/c1-2-3-4-5-6-7-8-9-10-11-12-13-14-15-19-24-27(30)29-28-25-20-23-26-21-17-16-18-22-26/h16-18,20-23,25H,2-15,19,24H2,1H3,(H,29,30)/b23-20-,28-25+. The molecule has 168 valence electrons. The summed E-state index contributed by atoms with van der Waals surface area (Å²) in [6, 6.07) is 10.0. The zero-order chi connectivity index (χ0) is 21.5. The Morgan fingerprint density at radius 1 is 0.767 bits per heavy atom. The molecule has 0 heterocycles. The topological polar surface area (TPSA) is 41.5 Å². The van der Waals surface area contributed by atoms with Gasteiger partial charge in [0.15, 0.2) is 0 Å². The molecule has 1 aromatic carbocycles. The van der Waals surface area contributed by atoms with Crippen molar-refractivity contribution in [3.63, 3.8) is 0 Å². The summed E-state index contributed by atoms with van der Waals surface area (Å²) in [5.74, 6) is 0.00838. The van der Waals surface area contributed by atoms with Crippen molar-refractivity contribution in [2.45, 2.75) is 110 Å². The number of nitrogens with one attached hydrogen (secondary N) is 1. The minimum absolute atomic E-state index is 0.00838. The molecule has 1 N–H and O–H groups in total. The van der Waals surface area contributed by atoms with E-state index in [1.807, 2.05) is 42.5 Å². The van der Waals surface area contributed by atoms with E-state index in [1.54, 1.807) is 6.21 Å². The van der Waals surface area contributed by atoms with E-state index in [4.69, 9.17) is 0 Å². The minimum Gasteiger partial charge on any atom is -0.273 e. The van der Waals surface area contributed by atoms with E-state index in [9.17, 15) is 4.79 Å². The molecule has 0 aromatic heterocycles. The number of nitrogens with zero attached hydrogens (tertiary/aromatic N) is 1. The van der Waals surface area contributed by atoms with Gasteiger partial charge in [-0.05, 0) is 18.1 Å². The second-order valence-electron chi connectivity index (χ2n) is 8.28. The van der Waals surface area contributed by atoms with E-state index >= 15 is 0 Å². The smallest absolute Gasteiger partial charge is 0.240 e. The molecule has 30 heavy (non-hydrogen) atoms. The van der Waals surface area contributed by atoms with Gasteiger partial charge in [-0.25, -0.2) is 5.43 Å². The largest absolute Gasteiger partial charge is 0.273 e. The molecular formula is C27H44N2O. The number of carbonyl (C=O) groups excluding carboxylic acids is 1. The molecule has 0 saturated heterocycles. The number of hydrogen-bond donors (Lipinski definition) is 1. The summed E-state index contributed by atoms with van der Waals surface area (Å²) in [7, 11) is 0. The predicted octanol–water partition coefficient (Wildman–Crippen LogP) is 8.06. The third kappa shape index (κ3) is 17.0. The van der Waals surface area contributed by atoms with Crippen LogP contribution in [0.15, 0.2) is 41.5 Å². The predicted molar refractivity (Wildman–Crippen MR) is 132 cm³/mol. The van der Waals surface area contributed by atoms with Crippen molar-refractivity contribution in [1.29, 1.82) is 0 Å². The number of allylic oxidation sites excluding steroid dienone is 1. The Balaban J connectivity index is 1.82. The first-order valence-electron chi connectivity index (χ1n) is 12.4. The Hall–Kier alpha value is -1.90. The highest BCUT2D eigenvalue weighted by atomic mass is 16.2. The fourth-order valence-electron chi connectivity index (χ4n) is 3.58. The summed E-state index contributed by atoms with van der Waals surface area (Å²) in [6.07, 6.45) is 26.1. The molecule has 0 spiro atoms. The Morgan fingerprint density at radius 2 is 1.27 bits per heavy atom. The summed E-state index contributed by atoms with van der Waals surface area (Å²) in [6.45, 7) is 2.28. The Labute approximate surface area is 185 Å². The molecule has 1 amide bonds. The summed E-state index contributed by atoms with van der Waals surface area (Å²) in [5.41, 5.74) is 3.72. The molecule has 0 aliphatic rings. The van der Waals surface area contributed by atoms with E-state index in [1.165, 1.54) is 83.5 Å². The van der Waals surface area contributed by atoms with Crippen LogP contribution < -0.4 is 5.43 Å². The molecule has 3 nitrogen and oxygen atoms in total. The van der Waals surface area contributed by atoms with Crippen molar-refractivity contribution in [2.75, 3.05) is 0 Å². The highest BCUT2D eigenvalue weighted by Crippen LogP contribution is 2.13. The van der Waals surface area contributed by atoms with Crippen LogP contribution in [0.2, 0.25) is 0 Å². The first-order chi connectivity index (χ1) is 14.8. The third-order valence-electron chi connectivity index (χ3n) is 5.45. The zero-order valence-corrected chi connectivity index (χ0v) is 19.3. The first kappa shape index (κ1) is 26.1. The summed E-state index contributed by atoms with van der Waals surface area (Å²) in [4.78, 5) is 11.8. The van der Waals surface area contributed by atoms with Gasteiger partial charge in [0.25, 0.3) is 0 Å². The Morgan fingerprint density at radius 3 is 1.80 bits per heavy atom. The van der Waals surface area contributed by atoms with Crippen LogP contribution >= 0.6 is 0 Å². The van der Waals surface area contributed by atoms with Crippen molar-refractivity contribution >= 4 is 18.2 Å². The Kier molecular flexibility index (Phi) is 17.8. The lowest BCUT2D eigenvalue weighted by Crippen LogP contribution is -2.16. The molecule has 0 radical (unpaired) electrons. The van der Waals surface area contributed by atoms with Gasteiger partial charge < -0.3 is 0 Å². The van der Waals surface area contributed by atoms with E-state index in [-0.39, 0.29) is 5.91 Å². The molecule has 0 atom stereocenters. The molecule has 1 aromatic rings. The monoisotopic (exact) mass is 412 g/mol. The van der Waals surface area contributed by atoms with Gasteiger partial charge in [0.1, 0.15) is 0 Å². The van der Waals surface area contributed by atoms with E-state index < -0.39 is 0 Å². The maximum Gasteiger partial charge on any atom is 0.240 e. The van der Waals surface area contributed by atoms with Gasteiger partial charge in [0, 0.05) is 12.6 Å². The molecule has 0 aliphatic carbocycles. The van der Waals surface area contributed by atoms with Crippen molar-refractivity contribution in [3.05, 3.63) is 42.0 Å². The van der Waals surface area contributed by atoms with Crippen LogP contribution in [0, 0.1) is 0 Å². The molecular weight excluding hydrogens is 368 g/mol. The van der Waals surface area contributed by atoms with Crippen LogP contribution in [0.5, 0.6) is 0 Å². The number of amides is 1. The van der Waals surface area contributed by atoms with Gasteiger partial charge in [-0.1, -0.05) is 133 Å². The van der Waals surface area contributed by atoms with E-state index in [0.717, 1.165) is 18.4 Å². The number of rotatable bonds is 19. The number of unbranched alkanes of at least 4 members (excludes halogenated alkanes) is 14. The quantitative estimate of drug-likeness (QED) is 0.139. The maximum atomic E-state index is 11.8. The van der Waals surface area contributed by atoms with Crippen molar-refractivity contribution in [3.8, 4) is 0 Å². The van der Waals surface area contributed by atoms with Gasteiger partial charge in [0.05, 0.1) is 0 Å². The van der Waals surface area contributed by atoms with Crippen molar-refractivity contribution in [1.82, 2.24) is 5.43 Å². The summed E-state index contributed by atoms with van der Waals surface area (Å²) >= 11 is 0. The highest BCUT2D eigenvalue weighted by Gasteiger charge is 1.99. The number of hydrogen-bond acceptors (Lipinski definition) is 2. The third-order valence-corrected chi connectivity index (χ3v) is 5.45. The number of carbonyl (C=O) groups is 1. The fourth-order valence-corrected chi connectivity index (χ4v) is 3.58. The molecule has 0 fully saturated rings. The van der Waals surface area contributed by atoms with Crippen LogP contribution in [0.4, 0.5) is 0 Å². The van der Waals surface area contributed by atoms with Gasteiger partial charge in [-0.15, -0.1) is 0 Å². The molecule has 3 heteroatoms. The van der Waals surface area contributed by atoms with Crippen LogP contribution in [0.1, 0.15) is 115 Å². The van der Waals surface area contributed by atoms with Crippen LogP contribution in [-0.4, -0.2) is 12.1 Å². The van der Waals surface area contributed by atoms with Gasteiger partial charge in [-0.3, -0.25) is 4.79 Å². The highest BCUT2D eigenvalue weighted by molar-refractivity contribution is 5.81. The van der Waals surface area contributed by atoms with E-state index in [2.05, 4.69) is 17.5 Å². The lowest BCUT2D eigenvalue weighted by atomic mass is 10.0. The van der Waals surface area contributed by atoms with E-state index in [0.29, 0.717) is 6.42 Å². The van der Waals surface area contributed by atoms with Crippen LogP contribution in [-0.2, 0) is 4.79 Å². The van der Waals surface area contributed by atoms with Gasteiger partial charge in [0.2, 0.25) is 5.91 Å². The second kappa shape index (κ2) is 20.4. The van der Waals surface area contributed by atoms with Crippen LogP contribution in [0.3, 0.4) is 0 Å². The second-order valence-corrected chi connectivity index (χ2v) is 8.28. The molecule has 0 saturated carbocycles. The Bertz CT molecular complexity index is 565. The molecule has 1 rings (SSSR count). The van der Waals surface area contributed by atoms with Gasteiger partial charge in [-0.2, -0.15) is 5.10 Å². The fraction of sp³-hybridized carbons (Fsp3) is 0.630. The molecule has 0 bridgehead atoms. The zero-order valence-electron chi connectivity index (χ0n) is 19.3. The first-order valence-corrected chi connectivity index (χ1v) is 12.4. The number of benzene rings is 1. The lowest BCUT2D eigenvalue weighted by Gasteiger charge is -2.03. The van der Waals surface area contributed by atoms with Crippen LogP contribution in [0.25, 0.3) is 6.08 Å². The maximum absolute atomic E-state index is 11.8. The lowest BCUT2D eigenvalue weighted by molar-refractivity contribution is -0.121. The number of hydrazone groups is 1. The average molecular weight is 413 g/mol. The average Bonchev–Trinajstić information content (AvgIpc) is 2.77. The van der Waals surface area contributed by atoms with Crippen molar-refractivity contribution < 1.29 is 4.79 Å². The minimum atomic E-state index is 0.00838.